The third-order valence-corrected chi connectivity index (χ3v) is 4.94. The van der Waals surface area contributed by atoms with Crippen molar-refractivity contribution in [3.05, 3.63) is 78.5 Å². The van der Waals surface area contributed by atoms with Gasteiger partial charge in [-0.1, -0.05) is 17.3 Å². The van der Waals surface area contributed by atoms with Crippen LogP contribution in [0.1, 0.15) is 22.1 Å². The van der Waals surface area contributed by atoms with E-state index in [0.29, 0.717) is 28.7 Å². The Morgan fingerprint density at radius 2 is 2.00 bits per heavy atom. The molecule has 140 valence electrons. The van der Waals surface area contributed by atoms with E-state index in [1.807, 2.05) is 42.5 Å². The SMILES string of the molecule is Cc1nc(CSc2ccccc2C(=O)Nc2ccc(-n3cncn3)cc2)no1. The molecule has 4 aromatic rings. The summed E-state index contributed by atoms with van der Waals surface area (Å²) in [6, 6.07) is 14.8. The highest BCUT2D eigenvalue weighted by Gasteiger charge is 2.13. The number of thioether (sulfide) groups is 1. The molecular weight excluding hydrogens is 376 g/mol. The van der Waals surface area contributed by atoms with Crippen molar-refractivity contribution >= 4 is 23.4 Å². The Morgan fingerprint density at radius 1 is 1.18 bits per heavy atom. The molecule has 9 heteroatoms. The van der Waals surface area contributed by atoms with Crippen molar-refractivity contribution in [3.63, 3.8) is 0 Å². The van der Waals surface area contributed by atoms with Gasteiger partial charge in [0.15, 0.2) is 5.82 Å². The van der Waals surface area contributed by atoms with E-state index < -0.39 is 0 Å². The van der Waals surface area contributed by atoms with Crippen LogP contribution in [0.2, 0.25) is 0 Å². The third-order valence-electron chi connectivity index (χ3n) is 3.87. The van der Waals surface area contributed by atoms with E-state index in [-0.39, 0.29) is 5.91 Å². The normalized spacial score (nSPS) is 10.8. The first-order valence-electron chi connectivity index (χ1n) is 8.46. The summed E-state index contributed by atoms with van der Waals surface area (Å²) in [4.78, 5) is 21.7. The Kier molecular flexibility index (Phi) is 5.16. The summed E-state index contributed by atoms with van der Waals surface area (Å²) in [5, 5.41) is 10.9. The summed E-state index contributed by atoms with van der Waals surface area (Å²) < 4.78 is 6.63. The van der Waals surface area contributed by atoms with E-state index >= 15 is 0 Å². The van der Waals surface area contributed by atoms with Crippen LogP contribution in [0.25, 0.3) is 5.69 Å². The fourth-order valence-corrected chi connectivity index (χ4v) is 3.45. The maximum atomic E-state index is 12.8. The molecule has 8 nitrogen and oxygen atoms in total. The van der Waals surface area contributed by atoms with E-state index in [2.05, 4.69) is 25.5 Å². The largest absolute Gasteiger partial charge is 0.340 e. The number of anilines is 1. The molecule has 0 aliphatic heterocycles. The molecule has 4 rings (SSSR count). The smallest absolute Gasteiger partial charge is 0.256 e. The zero-order valence-corrected chi connectivity index (χ0v) is 15.8. The van der Waals surface area contributed by atoms with E-state index in [9.17, 15) is 4.79 Å². The summed E-state index contributed by atoms with van der Waals surface area (Å²) in [7, 11) is 0. The Morgan fingerprint density at radius 3 is 2.71 bits per heavy atom. The van der Waals surface area contributed by atoms with Crippen LogP contribution in [0.15, 0.2) is 70.6 Å². The van der Waals surface area contributed by atoms with E-state index in [1.54, 1.807) is 24.0 Å². The Hall–Kier alpha value is -3.46. The number of nitrogens with zero attached hydrogens (tertiary/aromatic N) is 5. The van der Waals surface area contributed by atoms with Gasteiger partial charge >= 0.3 is 0 Å². The molecule has 1 amide bonds. The van der Waals surface area contributed by atoms with Crippen LogP contribution in [0, 0.1) is 6.92 Å². The average Bonchev–Trinajstić information content (AvgIpc) is 3.39. The van der Waals surface area contributed by atoms with Gasteiger partial charge in [-0.3, -0.25) is 4.79 Å². The molecule has 28 heavy (non-hydrogen) atoms. The lowest BCUT2D eigenvalue weighted by molar-refractivity contribution is 0.102. The second-order valence-electron chi connectivity index (χ2n) is 5.86. The van der Waals surface area contributed by atoms with Gasteiger partial charge in [-0.2, -0.15) is 10.1 Å². The van der Waals surface area contributed by atoms with Gasteiger partial charge in [0.1, 0.15) is 12.7 Å². The Balaban J connectivity index is 1.46. The lowest BCUT2D eigenvalue weighted by atomic mass is 10.2. The number of rotatable bonds is 6. The molecule has 0 fully saturated rings. The summed E-state index contributed by atoms with van der Waals surface area (Å²) in [5.41, 5.74) is 2.15. The van der Waals surface area contributed by atoms with Gasteiger partial charge in [-0.15, -0.1) is 11.8 Å². The molecule has 1 N–H and O–H groups in total. The maximum Gasteiger partial charge on any atom is 0.256 e. The average molecular weight is 392 g/mol. The van der Waals surface area contributed by atoms with Crippen molar-refractivity contribution in [2.45, 2.75) is 17.6 Å². The standard InChI is InChI=1S/C19H16N6O2S/c1-13-22-18(24-27-13)10-28-17-5-3-2-4-16(17)19(26)23-14-6-8-15(9-7-14)25-12-20-11-21-25/h2-9,11-12H,10H2,1H3,(H,23,26). The molecule has 0 atom stereocenters. The summed E-state index contributed by atoms with van der Waals surface area (Å²) in [5.74, 6) is 1.46. The Bertz CT molecular complexity index is 1080. The molecule has 0 saturated carbocycles. The maximum absolute atomic E-state index is 12.8. The van der Waals surface area contributed by atoms with Gasteiger partial charge in [-0.25, -0.2) is 9.67 Å². The minimum absolute atomic E-state index is 0.180. The molecule has 0 saturated heterocycles. The topological polar surface area (TPSA) is 98.7 Å². The van der Waals surface area contributed by atoms with Crippen LogP contribution in [-0.4, -0.2) is 30.8 Å². The number of amides is 1. The van der Waals surface area contributed by atoms with Gasteiger partial charge in [-0.05, 0) is 36.4 Å². The zero-order valence-electron chi connectivity index (χ0n) is 14.9. The van der Waals surface area contributed by atoms with Gasteiger partial charge < -0.3 is 9.84 Å². The highest BCUT2D eigenvalue weighted by atomic mass is 32.2. The van der Waals surface area contributed by atoms with Gasteiger partial charge in [0.25, 0.3) is 5.91 Å². The zero-order chi connectivity index (χ0) is 19.3. The first-order chi connectivity index (χ1) is 13.7. The molecule has 0 radical (unpaired) electrons. The van der Waals surface area contributed by atoms with Crippen molar-refractivity contribution in [3.8, 4) is 5.69 Å². The number of carbonyl (C=O) groups is 1. The lowest BCUT2D eigenvalue weighted by Crippen LogP contribution is -2.13. The lowest BCUT2D eigenvalue weighted by Gasteiger charge is -2.10. The molecule has 2 aromatic carbocycles. The molecule has 0 unspecified atom stereocenters. The van der Waals surface area contributed by atoms with Crippen LogP contribution in [0.5, 0.6) is 0 Å². The predicted octanol–water partition coefficient (Wildman–Crippen LogP) is 3.50. The number of aromatic nitrogens is 5. The van der Waals surface area contributed by atoms with Crippen LogP contribution in [-0.2, 0) is 5.75 Å². The molecule has 0 aliphatic carbocycles. The number of hydrogen-bond donors (Lipinski definition) is 1. The molecule has 2 aromatic heterocycles. The number of nitrogens with one attached hydrogen (secondary N) is 1. The fraction of sp³-hybridized carbons (Fsp3) is 0.105. The number of carbonyl (C=O) groups excluding carboxylic acids is 1. The van der Waals surface area contributed by atoms with E-state index in [4.69, 9.17) is 4.52 Å². The number of aryl methyl sites for hydroxylation is 1. The minimum atomic E-state index is -0.180. The monoisotopic (exact) mass is 392 g/mol. The fourth-order valence-electron chi connectivity index (χ4n) is 2.56. The van der Waals surface area contributed by atoms with E-state index in [1.165, 1.54) is 18.1 Å². The van der Waals surface area contributed by atoms with Crippen molar-refractivity contribution in [2.24, 2.45) is 0 Å². The second kappa shape index (κ2) is 8.05. The highest BCUT2D eigenvalue weighted by Crippen LogP contribution is 2.26. The number of benzene rings is 2. The van der Waals surface area contributed by atoms with Crippen LogP contribution in [0.4, 0.5) is 5.69 Å². The first kappa shape index (κ1) is 17.9. The van der Waals surface area contributed by atoms with Crippen molar-refractivity contribution < 1.29 is 9.32 Å². The Labute approximate surface area is 165 Å². The molecular formula is C19H16N6O2S. The van der Waals surface area contributed by atoms with Gasteiger partial charge in [0, 0.05) is 17.5 Å². The highest BCUT2D eigenvalue weighted by molar-refractivity contribution is 7.98. The van der Waals surface area contributed by atoms with Crippen LogP contribution in [0.3, 0.4) is 0 Å². The third kappa shape index (κ3) is 4.09. The summed E-state index contributed by atoms with van der Waals surface area (Å²) in [6.45, 7) is 1.75. The quantitative estimate of drug-likeness (QED) is 0.501. The first-order valence-corrected chi connectivity index (χ1v) is 9.45. The van der Waals surface area contributed by atoms with Gasteiger partial charge in [0.2, 0.25) is 5.89 Å². The van der Waals surface area contributed by atoms with Crippen LogP contribution >= 0.6 is 11.8 Å². The molecule has 0 aliphatic rings. The molecule has 2 heterocycles. The number of hydrogen-bond acceptors (Lipinski definition) is 7. The van der Waals surface area contributed by atoms with Crippen molar-refractivity contribution in [1.82, 2.24) is 24.9 Å². The summed E-state index contributed by atoms with van der Waals surface area (Å²) in [6.07, 6.45) is 3.09. The van der Waals surface area contributed by atoms with E-state index in [0.717, 1.165) is 10.6 Å². The van der Waals surface area contributed by atoms with Crippen molar-refractivity contribution in [2.75, 3.05) is 5.32 Å². The van der Waals surface area contributed by atoms with Gasteiger partial charge in [0.05, 0.1) is 17.0 Å². The molecule has 0 spiro atoms. The summed E-state index contributed by atoms with van der Waals surface area (Å²) >= 11 is 1.49. The predicted molar refractivity (Wildman–Crippen MR) is 104 cm³/mol. The minimum Gasteiger partial charge on any atom is -0.340 e. The van der Waals surface area contributed by atoms with Crippen molar-refractivity contribution in [1.29, 1.82) is 0 Å². The van der Waals surface area contributed by atoms with Crippen LogP contribution < -0.4 is 5.32 Å². The molecule has 0 bridgehead atoms. The second-order valence-corrected chi connectivity index (χ2v) is 6.87.